The Kier molecular flexibility index (Phi) is 5.27. The van der Waals surface area contributed by atoms with Gasteiger partial charge in [-0.05, 0) is 31.4 Å². The molecule has 0 bridgehead atoms. The molecule has 5 nitrogen and oxygen atoms in total. The largest absolute Gasteiger partial charge is 0.334 e. The molecular weight excluding hydrogens is 297 g/mol. The number of benzene rings is 1. The molecule has 7 heteroatoms. The molecule has 0 saturated carbocycles. The number of likely N-dealkylation sites (tertiary alicyclic amines) is 1. The van der Waals surface area contributed by atoms with Crippen LogP contribution in [0.4, 0.5) is 4.39 Å². The zero-order chi connectivity index (χ0) is 15.2. The summed E-state index contributed by atoms with van der Waals surface area (Å²) in [6.07, 6.45) is 3.94. The highest BCUT2D eigenvalue weighted by Crippen LogP contribution is 2.16. The number of carbonyl (C=O) groups excluding carboxylic acids is 2. The average molecular weight is 312 g/mol. The van der Waals surface area contributed by atoms with Crippen LogP contribution in [0.3, 0.4) is 0 Å². The van der Waals surface area contributed by atoms with Gasteiger partial charge in [-0.2, -0.15) is 5.10 Å². The molecule has 1 aromatic carbocycles. The van der Waals surface area contributed by atoms with Crippen LogP contribution in [0.15, 0.2) is 23.3 Å². The predicted molar refractivity (Wildman–Crippen MR) is 77.6 cm³/mol. The maximum absolute atomic E-state index is 13.5. The zero-order valence-corrected chi connectivity index (χ0v) is 12.1. The number of hydrogen-bond acceptors (Lipinski definition) is 3. The van der Waals surface area contributed by atoms with Crippen molar-refractivity contribution in [3.05, 3.63) is 34.6 Å². The molecule has 1 aromatic rings. The summed E-state index contributed by atoms with van der Waals surface area (Å²) in [5, 5.41) is 3.76. The van der Waals surface area contributed by atoms with Crippen molar-refractivity contribution in [2.24, 2.45) is 5.10 Å². The number of hydrazone groups is 1. The summed E-state index contributed by atoms with van der Waals surface area (Å²) in [5.41, 5.74) is 2.16. The maximum atomic E-state index is 13.5. The average Bonchev–Trinajstić information content (AvgIpc) is 2.50. The SMILES string of the molecule is O=C(N/N=C/c1c(F)cccc1Cl)C(=O)N1CCCCC1. The van der Waals surface area contributed by atoms with Crippen LogP contribution in [0.2, 0.25) is 5.02 Å². The fourth-order valence-electron chi connectivity index (χ4n) is 2.08. The van der Waals surface area contributed by atoms with Gasteiger partial charge in [0.1, 0.15) is 5.82 Å². The molecule has 0 radical (unpaired) electrons. The van der Waals surface area contributed by atoms with E-state index in [1.165, 1.54) is 23.1 Å². The van der Waals surface area contributed by atoms with Crippen molar-refractivity contribution in [1.29, 1.82) is 0 Å². The van der Waals surface area contributed by atoms with Crippen LogP contribution in [-0.2, 0) is 9.59 Å². The minimum atomic E-state index is -0.833. The topological polar surface area (TPSA) is 61.8 Å². The summed E-state index contributed by atoms with van der Waals surface area (Å²) in [6.45, 7) is 1.16. The maximum Gasteiger partial charge on any atom is 0.329 e. The second kappa shape index (κ2) is 7.17. The van der Waals surface area contributed by atoms with Gasteiger partial charge in [-0.15, -0.1) is 0 Å². The molecule has 1 aliphatic rings. The van der Waals surface area contributed by atoms with Gasteiger partial charge in [0.2, 0.25) is 0 Å². The van der Waals surface area contributed by atoms with Gasteiger partial charge >= 0.3 is 11.8 Å². The molecule has 0 spiro atoms. The fourth-order valence-corrected chi connectivity index (χ4v) is 2.29. The lowest BCUT2D eigenvalue weighted by molar-refractivity contribution is -0.146. The first-order valence-corrected chi connectivity index (χ1v) is 7.03. The van der Waals surface area contributed by atoms with E-state index < -0.39 is 17.6 Å². The minimum absolute atomic E-state index is 0.0601. The Labute approximate surface area is 126 Å². The lowest BCUT2D eigenvalue weighted by Gasteiger charge is -2.25. The lowest BCUT2D eigenvalue weighted by atomic mass is 10.1. The molecule has 112 valence electrons. The number of amides is 2. The number of piperidine rings is 1. The van der Waals surface area contributed by atoms with Gasteiger partial charge in [0.25, 0.3) is 0 Å². The number of rotatable bonds is 2. The van der Waals surface area contributed by atoms with E-state index in [1.54, 1.807) is 0 Å². The molecule has 21 heavy (non-hydrogen) atoms. The molecule has 2 rings (SSSR count). The van der Waals surface area contributed by atoms with E-state index in [0.717, 1.165) is 25.5 Å². The zero-order valence-electron chi connectivity index (χ0n) is 11.3. The number of hydrogen-bond donors (Lipinski definition) is 1. The summed E-state index contributed by atoms with van der Waals surface area (Å²) in [4.78, 5) is 25.0. The summed E-state index contributed by atoms with van der Waals surface area (Å²) in [5.74, 6) is -2.00. The van der Waals surface area contributed by atoms with Crippen molar-refractivity contribution in [3.63, 3.8) is 0 Å². The van der Waals surface area contributed by atoms with E-state index in [0.29, 0.717) is 13.1 Å². The Bertz CT molecular complexity index is 551. The van der Waals surface area contributed by atoms with E-state index in [2.05, 4.69) is 10.5 Å². The molecule has 1 fully saturated rings. The van der Waals surface area contributed by atoms with E-state index in [1.807, 2.05) is 0 Å². The molecule has 0 unspecified atom stereocenters. The van der Waals surface area contributed by atoms with Crippen LogP contribution in [-0.4, -0.2) is 36.0 Å². The van der Waals surface area contributed by atoms with Gasteiger partial charge in [0.15, 0.2) is 0 Å². The van der Waals surface area contributed by atoms with Crippen LogP contribution >= 0.6 is 11.6 Å². The van der Waals surface area contributed by atoms with Crippen LogP contribution in [0.5, 0.6) is 0 Å². The molecule has 0 aliphatic carbocycles. The van der Waals surface area contributed by atoms with Gasteiger partial charge < -0.3 is 4.90 Å². The van der Waals surface area contributed by atoms with Crippen molar-refractivity contribution in [1.82, 2.24) is 10.3 Å². The smallest absolute Gasteiger partial charge is 0.329 e. The highest BCUT2D eigenvalue weighted by molar-refractivity contribution is 6.35. The molecule has 1 saturated heterocycles. The van der Waals surface area contributed by atoms with Crippen molar-refractivity contribution < 1.29 is 14.0 Å². The number of nitrogens with one attached hydrogen (secondary N) is 1. The van der Waals surface area contributed by atoms with Gasteiger partial charge in [0, 0.05) is 18.7 Å². The van der Waals surface area contributed by atoms with Crippen molar-refractivity contribution in [2.45, 2.75) is 19.3 Å². The summed E-state index contributed by atoms with van der Waals surface area (Å²) in [7, 11) is 0. The second-order valence-electron chi connectivity index (χ2n) is 4.69. The standard InChI is InChI=1S/C14H15ClFN3O2/c15-11-5-4-6-12(16)10(11)9-17-18-13(20)14(21)19-7-2-1-3-8-19/h4-6,9H,1-3,7-8H2,(H,18,20)/b17-9+. The van der Waals surface area contributed by atoms with Crippen molar-refractivity contribution in [2.75, 3.05) is 13.1 Å². The van der Waals surface area contributed by atoms with Gasteiger partial charge in [0.05, 0.1) is 11.2 Å². The number of halogens is 2. The summed E-state index contributed by atoms with van der Waals surface area (Å²) < 4.78 is 13.5. The van der Waals surface area contributed by atoms with E-state index >= 15 is 0 Å². The molecule has 0 atom stereocenters. The van der Waals surface area contributed by atoms with Crippen molar-refractivity contribution in [3.8, 4) is 0 Å². The highest BCUT2D eigenvalue weighted by atomic mass is 35.5. The molecule has 2 amide bonds. The minimum Gasteiger partial charge on any atom is -0.334 e. The fraction of sp³-hybridized carbons (Fsp3) is 0.357. The quantitative estimate of drug-likeness (QED) is 0.515. The van der Waals surface area contributed by atoms with Crippen LogP contribution in [0.1, 0.15) is 24.8 Å². The van der Waals surface area contributed by atoms with E-state index in [-0.39, 0.29) is 10.6 Å². The number of carbonyl (C=O) groups is 2. The van der Waals surface area contributed by atoms with E-state index in [4.69, 9.17) is 11.6 Å². The Hall–Kier alpha value is -1.95. The molecule has 0 aromatic heterocycles. The lowest BCUT2D eigenvalue weighted by Crippen LogP contribution is -2.43. The second-order valence-corrected chi connectivity index (χ2v) is 5.09. The molecule has 1 N–H and O–H groups in total. The Morgan fingerprint density at radius 2 is 2.00 bits per heavy atom. The monoisotopic (exact) mass is 311 g/mol. The third kappa shape index (κ3) is 4.01. The molecule has 1 aliphatic heterocycles. The van der Waals surface area contributed by atoms with Gasteiger partial charge in [-0.3, -0.25) is 9.59 Å². The van der Waals surface area contributed by atoms with Crippen molar-refractivity contribution >= 4 is 29.6 Å². The Balaban J connectivity index is 1.94. The van der Waals surface area contributed by atoms with E-state index in [9.17, 15) is 14.0 Å². The summed E-state index contributed by atoms with van der Waals surface area (Å²) in [6, 6.07) is 4.20. The first-order valence-electron chi connectivity index (χ1n) is 6.66. The summed E-state index contributed by atoms with van der Waals surface area (Å²) >= 11 is 5.81. The Morgan fingerprint density at radius 3 is 2.67 bits per heavy atom. The van der Waals surface area contributed by atoms with Crippen LogP contribution in [0, 0.1) is 5.82 Å². The first-order chi connectivity index (χ1) is 10.1. The third-order valence-corrected chi connectivity index (χ3v) is 3.53. The van der Waals surface area contributed by atoms with Gasteiger partial charge in [-0.25, -0.2) is 9.82 Å². The number of nitrogens with zero attached hydrogens (tertiary/aromatic N) is 2. The van der Waals surface area contributed by atoms with Gasteiger partial charge in [-0.1, -0.05) is 17.7 Å². The predicted octanol–water partition coefficient (Wildman–Crippen LogP) is 1.94. The van der Waals surface area contributed by atoms with Crippen LogP contribution in [0.25, 0.3) is 0 Å². The Morgan fingerprint density at radius 1 is 1.29 bits per heavy atom. The normalized spacial score (nSPS) is 15.2. The van der Waals surface area contributed by atoms with Crippen LogP contribution < -0.4 is 5.43 Å². The molecule has 1 heterocycles. The third-order valence-electron chi connectivity index (χ3n) is 3.20. The first kappa shape index (κ1) is 15.4. The highest BCUT2D eigenvalue weighted by Gasteiger charge is 2.22. The molecular formula is C14H15ClFN3O2.